The third-order valence-corrected chi connectivity index (χ3v) is 4.35. The van der Waals surface area contributed by atoms with E-state index in [1.54, 1.807) is 11.3 Å². The summed E-state index contributed by atoms with van der Waals surface area (Å²) in [5.41, 5.74) is 1.45. The fourth-order valence-corrected chi connectivity index (χ4v) is 3.26. The quantitative estimate of drug-likeness (QED) is 0.918. The lowest BCUT2D eigenvalue weighted by molar-refractivity contribution is 0.555. The molecule has 0 radical (unpaired) electrons. The molecule has 2 heterocycles. The van der Waals surface area contributed by atoms with Crippen molar-refractivity contribution >= 4 is 28.0 Å². The maximum Gasteiger partial charge on any atom is 0.202 e. The summed E-state index contributed by atoms with van der Waals surface area (Å²) in [6, 6.07) is 2.20. The van der Waals surface area contributed by atoms with Crippen LogP contribution in [0.25, 0.3) is 0 Å². The minimum Gasteiger partial charge on any atom is -0.355 e. The second-order valence-corrected chi connectivity index (χ2v) is 7.00. The van der Waals surface area contributed by atoms with Gasteiger partial charge in [-0.15, -0.1) is 11.3 Å². The highest BCUT2D eigenvalue weighted by atomic mass is 32.1. The van der Waals surface area contributed by atoms with Gasteiger partial charge in [-0.05, 0) is 23.4 Å². The highest BCUT2D eigenvalue weighted by Gasteiger charge is 2.19. The number of anilines is 1. The van der Waals surface area contributed by atoms with Crippen molar-refractivity contribution in [2.24, 2.45) is 0 Å². The summed E-state index contributed by atoms with van der Waals surface area (Å²) < 4.78 is 4.40. The predicted octanol–water partition coefficient (Wildman–Crippen LogP) is 4.07. The highest BCUT2D eigenvalue weighted by Crippen LogP contribution is 2.24. The van der Waals surface area contributed by atoms with Crippen molar-refractivity contribution in [3.8, 4) is 0 Å². The molecule has 98 valence electrons. The third kappa shape index (κ3) is 3.09. The number of rotatable bonds is 4. The number of thiophene rings is 1. The van der Waals surface area contributed by atoms with Gasteiger partial charge in [-0.3, -0.25) is 0 Å². The Morgan fingerprint density at radius 2 is 2.11 bits per heavy atom. The maximum atomic E-state index is 4.54. The number of nitrogens with zero attached hydrogens (tertiary/aromatic N) is 2. The molecule has 0 aliphatic heterocycles. The lowest BCUT2D eigenvalue weighted by atomic mass is 9.96. The first-order chi connectivity index (χ1) is 8.50. The Hall–Kier alpha value is -0.940. The number of hydrogen-bond donors (Lipinski definition) is 1. The van der Waals surface area contributed by atoms with Gasteiger partial charge in [0.25, 0.3) is 0 Å². The summed E-state index contributed by atoms with van der Waals surface area (Å²) in [5, 5.41) is 6.43. The third-order valence-electron chi connectivity index (χ3n) is 2.72. The second-order valence-electron chi connectivity index (χ2n) is 5.25. The van der Waals surface area contributed by atoms with Crippen molar-refractivity contribution in [1.29, 1.82) is 0 Å². The first kappa shape index (κ1) is 13.5. The molecule has 0 aliphatic carbocycles. The molecule has 1 N–H and O–H groups in total. The number of aryl methyl sites for hydroxylation is 1. The Kier molecular flexibility index (Phi) is 4.02. The molecule has 0 aliphatic rings. The smallest absolute Gasteiger partial charge is 0.202 e. The van der Waals surface area contributed by atoms with Crippen molar-refractivity contribution in [2.45, 2.75) is 46.1 Å². The summed E-state index contributed by atoms with van der Waals surface area (Å²) in [6.07, 6.45) is 1.09. The molecule has 2 rings (SSSR count). The van der Waals surface area contributed by atoms with Gasteiger partial charge in [-0.2, -0.15) is 4.37 Å². The first-order valence-corrected chi connectivity index (χ1v) is 7.79. The lowest BCUT2D eigenvalue weighted by Crippen LogP contribution is -2.13. The van der Waals surface area contributed by atoms with E-state index in [0.717, 1.165) is 23.9 Å². The van der Waals surface area contributed by atoms with Crippen molar-refractivity contribution in [3.63, 3.8) is 0 Å². The molecule has 0 amide bonds. The minimum atomic E-state index is 0.0218. The van der Waals surface area contributed by atoms with Crippen LogP contribution in [0.3, 0.4) is 0 Å². The van der Waals surface area contributed by atoms with E-state index in [2.05, 4.69) is 53.8 Å². The normalized spacial score (nSPS) is 11.8. The van der Waals surface area contributed by atoms with Crippen molar-refractivity contribution in [3.05, 3.63) is 27.7 Å². The summed E-state index contributed by atoms with van der Waals surface area (Å²) >= 11 is 3.24. The molecule has 0 unspecified atom stereocenters. The number of nitrogens with one attached hydrogen (secondary N) is 1. The topological polar surface area (TPSA) is 37.8 Å². The molecule has 18 heavy (non-hydrogen) atoms. The Labute approximate surface area is 116 Å². The molecule has 0 spiro atoms. The summed E-state index contributed by atoms with van der Waals surface area (Å²) in [4.78, 5) is 5.93. The Morgan fingerprint density at radius 3 is 2.72 bits per heavy atom. The fourth-order valence-electron chi connectivity index (χ4n) is 1.59. The largest absolute Gasteiger partial charge is 0.355 e. The Balaban J connectivity index is 2.01. The molecule has 0 aromatic carbocycles. The summed E-state index contributed by atoms with van der Waals surface area (Å²) in [5.74, 6) is 0.914. The summed E-state index contributed by atoms with van der Waals surface area (Å²) in [7, 11) is 0. The SMILES string of the molecule is CCc1ccsc1CNc1nc(C(C)(C)C)ns1. The van der Waals surface area contributed by atoms with Crippen LogP contribution in [0.1, 0.15) is 44.0 Å². The van der Waals surface area contributed by atoms with Crippen LogP contribution in [-0.4, -0.2) is 9.36 Å². The standard InChI is InChI=1S/C13H19N3S2/c1-5-9-6-7-17-10(9)8-14-12-15-11(16-18-12)13(2,3)4/h6-7H,5,8H2,1-4H3,(H,14,15,16). The molecule has 0 fully saturated rings. The van der Waals surface area contributed by atoms with Gasteiger partial charge in [0.05, 0.1) is 6.54 Å². The minimum absolute atomic E-state index is 0.0218. The van der Waals surface area contributed by atoms with Crippen LogP contribution < -0.4 is 5.32 Å². The molecule has 0 saturated carbocycles. The zero-order valence-corrected chi connectivity index (χ0v) is 12.9. The van der Waals surface area contributed by atoms with E-state index in [9.17, 15) is 0 Å². The second kappa shape index (κ2) is 5.36. The van der Waals surface area contributed by atoms with E-state index in [1.165, 1.54) is 22.0 Å². The van der Waals surface area contributed by atoms with Gasteiger partial charge in [0, 0.05) is 21.8 Å². The zero-order chi connectivity index (χ0) is 13.2. The van der Waals surface area contributed by atoms with Crippen LogP contribution in [0.5, 0.6) is 0 Å². The Morgan fingerprint density at radius 1 is 1.33 bits per heavy atom. The number of hydrogen-bond acceptors (Lipinski definition) is 5. The van der Waals surface area contributed by atoms with Gasteiger partial charge in [0.1, 0.15) is 5.82 Å². The average molecular weight is 281 g/mol. The Bertz CT molecular complexity index is 508. The molecule has 3 nitrogen and oxygen atoms in total. The zero-order valence-electron chi connectivity index (χ0n) is 11.3. The van der Waals surface area contributed by atoms with Crippen LogP contribution in [-0.2, 0) is 18.4 Å². The van der Waals surface area contributed by atoms with Crippen LogP contribution in [0.4, 0.5) is 5.13 Å². The molecule has 0 atom stereocenters. The van der Waals surface area contributed by atoms with Crippen molar-refractivity contribution in [1.82, 2.24) is 9.36 Å². The summed E-state index contributed by atoms with van der Waals surface area (Å²) in [6.45, 7) is 9.43. The van der Waals surface area contributed by atoms with Crippen LogP contribution >= 0.6 is 22.9 Å². The van der Waals surface area contributed by atoms with E-state index >= 15 is 0 Å². The highest BCUT2D eigenvalue weighted by molar-refractivity contribution is 7.10. The lowest BCUT2D eigenvalue weighted by Gasteiger charge is -2.12. The first-order valence-electron chi connectivity index (χ1n) is 6.14. The van der Waals surface area contributed by atoms with Gasteiger partial charge in [0.2, 0.25) is 5.13 Å². The predicted molar refractivity (Wildman–Crippen MR) is 79.6 cm³/mol. The van der Waals surface area contributed by atoms with E-state index < -0.39 is 0 Å². The molecule has 5 heteroatoms. The van der Waals surface area contributed by atoms with Gasteiger partial charge in [0.15, 0.2) is 0 Å². The van der Waals surface area contributed by atoms with Gasteiger partial charge in [-0.1, -0.05) is 27.7 Å². The van der Waals surface area contributed by atoms with Gasteiger partial charge < -0.3 is 5.32 Å². The van der Waals surface area contributed by atoms with E-state index in [1.807, 2.05) is 0 Å². The van der Waals surface area contributed by atoms with Gasteiger partial charge in [-0.25, -0.2) is 4.98 Å². The van der Waals surface area contributed by atoms with Gasteiger partial charge >= 0.3 is 0 Å². The van der Waals surface area contributed by atoms with E-state index in [-0.39, 0.29) is 5.41 Å². The van der Waals surface area contributed by atoms with Crippen LogP contribution in [0.15, 0.2) is 11.4 Å². The molecule has 0 bridgehead atoms. The molecular formula is C13H19N3S2. The molecular weight excluding hydrogens is 262 g/mol. The van der Waals surface area contributed by atoms with Crippen molar-refractivity contribution in [2.75, 3.05) is 5.32 Å². The fraction of sp³-hybridized carbons (Fsp3) is 0.538. The van der Waals surface area contributed by atoms with E-state index in [4.69, 9.17) is 0 Å². The monoisotopic (exact) mass is 281 g/mol. The van der Waals surface area contributed by atoms with Crippen molar-refractivity contribution < 1.29 is 0 Å². The van der Waals surface area contributed by atoms with Crippen LogP contribution in [0.2, 0.25) is 0 Å². The molecule has 0 saturated heterocycles. The molecule has 2 aromatic heterocycles. The van der Waals surface area contributed by atoms with E-state index in [0.29, 0.717) is 0 Å². The van der Waals surface area contributed by atoms with Crippen LogP contribution in [0, 0.1) is 0 Å². The number of aromatic nitrogens is 2. The maximum absolute atomic E-state index is 4.54. The molecule has 2 aromatic rings. The average Bonchev–Trinajstić information content (AvgIpc) is 2.94.